The predicted octanol–water partition coefficient (Wildman–Crippen LogP) is 3.53. The van der Waals surface area contributed by atoms with Gasteiger partial charge < -0.3 is 4.90 Å². The summed E-state index contributed by atoms with van der Waals surface area (Å²) in [6.07, 6.45) is 4.91. The molecule has 1 aromatic rings. The molecule has 94 valence electrons. The summed E-state index contributed by atoms with van der Waals surface area (Å²) in [6, 6.07) is 5.05. The average Bonchev–Trinajstić information content (AvgIpc) is 2.36. The van der Waals surface area contributed by atoms with Crippen LogP contribution in [-0.4, -0.2) is 24.0 Å². The topological polar surface area (TPSA) is 16.1 Å². The van der Waals surface area contributed by atoms with Gasteiger partial charge in [-0.15, -0.1) is 0 Å². The Morgan fingerprint density at radius 3 is 2.82 bits per heavy atom. The first-order valence-corrected chi connectivity index (χ1v) is 6.79. The molecule has 0 fully saturated rings. The molecule has 0 saturated heterocycles. The van der Waals surface area contributed by atoms with Crippen LogP contribution in [0.1, 0.15) is 62.0 Å². The number of fused-ring (bicyclic) bond motifs is 1. The molecule has 2 atom stereocenters. The molecule has 0 radical (unpaired) electrons. The predicted molar refractivity (Wildman–Crippen MR) is 72.3 cm³/mol. The van der Waals surface area contributed by atoms with Crippen LogP contribution in [0.2, 0.25) is 0 Å². The van der Waals surface area contributed by atoms with E-state index in [4.69, 9.17) is 4.98 Å². The number of rotatable bonds is 3. The highest BCUT2D eigenvalue weighted by atomic mass is 15.1. The van der Waals surface area contributed by atoms with Crippen LogP contribution in [0.15, 0.2) is 12.1 Å². The fourth-order valence-electron chi connectivity index (χ4n) is 2.63. The van der Waals surface area contributed by atoms with Gasteiger partial charge in [0.2, 0.25) is 0 Å². The van der Waals surface area contributed by atoms with E-state index in [9.17, 15) is 0 Å². The number of hydrogen-bond acceptors (Lipinski definition) is 2. The second-order valence-corrected chi connectivity index (χ2v) is 5.46. The van der Waals surface area contributed by atoms with Crippen molar-refractivity contribution < 1.29 is 0 Å². The van der Waals surface area contributed by atoms with Crippen LogP contribution in [0.3, 0.4) is 0 Å². The van der Waals surface area contributed by atoms with Crippen molar-refractivity contribution in [1.29, 1.82) is 0 Å². The van der Waals surface area contributed by atoms with Gasteiger partial charge in [0.1, 0.15) is 0 Å². The normalized spacial score (nSPS) is 21.4. The molecule has 2 rings (SSSR count). The Kier molecular flexibility index (Phi) is 3.82. The molecule has 0 N–H and O–H groups in total. The maximum Gasteiger partial charge on any atom is 0.0610 e. The molecule has 0 saturated carbocycles. The molecule has 0 bridgehead atoms. The van der Waals surface area contributed by atoms with Crippen molar-refractivity contribution in [3.05, 3.63) is 29.1 Å². The standard InChI is InChI=1S/C15H24N2/c1-5-11(2)13-10-9-12-7-6-8-14(17(3)4)15(12)16-13/h9-11,14H,5-8H2,1-4H3. The zero-order valence-electron chi connectivity index (χ0n) is 11.5. The first kappa shape index (κ1) is 12.6. The van der Waals surface area contributed by atoms with Crippen molar-refractivity contribution >= 4 is 0 Å². The molecule has 2 unspecified atom stereocenters. The van der Waals surface area contributed by atoms with E-state index >= 15 is 0 Å². The van der Waals surface area contributed by atoms with E-state index in [2.05, 4.69) is 45.0 Å². The fraction of sp³-hybridized carbons (Fsp3) is 0.667. The van der Waals surface area contributed by atoms with E-state index in [1.165, 1.54) is 42.6 Å². The maximum atomic E-state index is 4.95. The van der Waals surface area contributed by atoms with E-state index in [0.29, 0.717) is 12.0 Å². The van der Waals surface area contributed by atoms with Gasteiger partial charge in [0.05, 0.1) is 11.7 Å². The van der Waals surface area contributed by atoms with Gasteiger partial charge in [0, 0.05) is 5.69 Å². The van der Waals surface area contributed by atoms with Crippen molar-refractivity contribution in [1.82, 2.24) is 9.88 Å². The Morgan fingerprint density at radius 2 is 2.18 bits per heavy atom. The molecule has 17 heavy (non-hydrogen) atoms. The number of hydrogen-bond donors (Lipinski definition) is 0. The molecule has 1 heterocycles. The second-order valence-electron chi connectivity index (χ2n) is 5.46. The van der Waals surface area contributed by atoms with Crippen LogP contribution < -0.4 is 0 Å². The fourth-order valence-corrected chi connectivity index (χ4v) is 2.63. The quantitative estimate of drug-likeness (QED) is 0.792. The molecule has 2 heteroatoms. The summed E-state index contributed by atoms with van der Waals surface area (Å²) < 4.78 is 0. The Balaban J connectivity index is 2.37. The minimum atomic E-state index is 0.516. The summed E-state index contributed by atoms with van der Waals surface area (Å²) in [5, 5.41) is 0. The highest BCUT2D eigenvalue weighted by Gasteiger charge is 2.24. The van der Waals surface area contributed by atoms with Crippen LogP contribution >= 0.6 is 0 Å². The molecule has 1 aromatic heterocycles. The van der Waals surface area contributed by atoms with Gasteiger partial charge in [0.25, 0.3) is 0 Å². The summed E-state index contributed by atoms with van der Waals surface area (Å²) in [5.41, 5.74) is 4.06. The molecule has 0 amide bonds. The highest BCUT2D eigenvalue weighted by molar-refractivity contribution is 5.29. The smallest absolute Gasteiger partial charge is 0.0610 e. The summed E-state index contributed by atoms with van der Waals surface area (Å²) in [4.78, 5) is 7.26. The lowest BCUT2D eigenvalue weighted by molar-refractivity contribution is 0.261. The lowest BCUT2D eigenvalue weighted by Crippen LogP contribution is -2.25. The molecule has 0 aliphatic heterocycles. The molecule has 0 spiro atoms. The Bertz CT molecular complexity index is 385. The summed E-state index contributed by atoms with van der Waals surface area (Å²) in [7, 11) is 4.33. The molecular weight excluding hydrogens is 208 g/mol. The van der Waals surface area contributed by atoms with E-state index in [1.807, 2.05) is 0 Å². The van der Waals surface area contributed by atoms with E-state index < -0.39 is 0 Å². The Morgan fingerprint density at radius 1 is 1.41 bits per heavy atom. The van der Waals surface area contributed by atoms with E-state index in [-0.39, 0.29) is 0 Å². The third-order valence-corrected chi connectivity index (χ3v) is 4.01. The van der Waals surface area contributed by atoms with Gasteiger partial charge in [-0.05, 0) is 57.3 Å². The van der Waals surface area contributed by atoms with Gasteiger partial charge in [-0.25, -0.2) is 0 Å². The van der Waals surface area contributed by atoms with Crippen molar-refractivity contribution in [2.45, 2.75) is 51.5 Å². The Labute approximate surface area is 105 Å². The zero-order chi connectivity index (χ0) is 12.4. The number of aryl methyl sites for hydroxylation is 1. The van der Waals surface area contributed by atoms with Crippen molar-refractivity contribution in [2.75, 3.05) is 14.1 Å². The third kappa shape index (κ3) is 2.52. The van der Waals surface area contributed by atoms with Gasteiger partial charge >= 0.3 is 0 Å². The number of aromatic nitrogens is 1. The summed E-state index contributed by atoms with van der Waals surface area (Å²) >= 11 is 0. The molecule has 1 aliphatic carbocycles. The van der Waals surface area contributed by atoms with E-state index in [1.54, 1.807) is 0 Å². The lowest BCUT2D eigenvalue weighted by Gasteiger charge is -2.30. The Hall–Kier alpha value is -0.890. The first-order valence-electron chi connectivity index (χ1n) is 6.79. The SMILES string of the molecule is CCC(C)c1ccc2c(n1)C(N(C)C)CCC2. The zero-order valence-corrected chi connectivity index (χ0v) is 11.5. The minimum absolute atomic E-state index is 0.516. The van der Waals surface area contributed by atoms with Crippen molar-refractivity contribution in [3.63, 3.8) is 0 Å². The summed E-state index contributed by atoms with van der Waals surface area (Å²) in [5.74, 6) is 0.574. The largest absolute Gasteiger partial charge is 0.301 e. The second kappa shape index (κ2) is 5.18. The minimum Gasteiger partial charge on any atom is -0.301 e. The monoisotopic (exact) mass is 232 g/mol. The number of pyridine rings is 1. The molecular formula is C15H24N2. The van der Waals surface area contributed by atoms with Gasteiger partial charge in [-0.3, -0.25) is 4.98 Å². The van der Waals surface area contributed by atoms with Crippen LogP contribution in [0.25, 0.3) is 0 Å². The number of nitrogens with zero attached hydrogens (tertiary/aromatic N) is 2. The molecule has 2 nitrogen and oxygen atoms in total. The highest BCUT2D eigenvalue weighted by Crippen LogP contribution is 2.32. The van der Waals surface area contributed by atoms with Crippen LogP contribution in [-0.2, 0) is 6.42 Å². The van der Waals surface area contributed by atoms with Crippen LogP contribution in [0.5, 0.6) is 0 Å². The first-order chi connectivity index (χ1) is 8.13. The molecule has 1 aliphatic rings. The van der Waals surface area contributed by atoms with Crippen LogP contribution in [0, 0.1) is 0 Å². The van der Waals surface area contributed by atoms with E-state index in [0.717, 1.165) is 0 Å². The summed E-state index contributed by atoms with van der Waals surface area (Å²) in [6.45, 7) is 4.50. The molecule has 0 aromatic carbocycles. The van der Waals surface area contributed by atoms with Crippen molar-refractivity contribution in [2.24, 2.45) is 0 Å². The van der Waals surface area contributed by atoms with Gasteiger partial charge in [-0.1, -0.05) is 19.9 Å². The van der Waals surface area contributed by atoms with Gasteiger partial charge in [-0.2, -0.15) is 0 Å². The van der Waals surface area contributed by atoms with Crippen LogP contribution in [0.4, 0.5) is 0 Å². The van der Waals surface area contributed by atoms with Gasteiger partial charge in [0.15, 0.2) is 0 Å². The lowest BCUT2D eigenvalue weighted by atomic mass is 9.90. The maximum absolute atomic E-state index is 4.95. The van der Waals surface area contributed by atoms with Crippen molar-refractivity contribution in [3.8, 4) is 0 Å². The average molecular weight is 232 g/mol. The third-order valence-electron chi connectivity index (χ3n) is 4.01.